The summed E-state index contributed by atoms with van der Waals surface area (Å²) in [7, 11) is 1.80. The van der Waals surface area contributed by atoms with Gasteiger partial charge in [-0.3, -0.25) is 0 Å². The van der Waals surface area contributed by atoms with E-state index in [0.717, 1.165) is 5.69 Å². The summed E-state index contributed by atoms with van der Waals surface area (Å²) in [4.78, 5) is 1.74. The molecule has 5 heteroatoms. The molecular formula is C15H15FN2OS. The minimum Gasteiger partial charge on any atom is -0.508 e. The number of rotatable bonds is 2. The Balaban J connectivity index is 2.11. The molecule has 0 aliphatic heterocycles. The number of phenolic OH excluding ortho intramolecular Hbond substituents is 1. The molecule has 2 aromatic carbocycles. The fourth-order valence-electron chi connectivity index (χ4n) is 1.67. The molecule has 2 rings (SSSR count). The molecule has 0 heterocycles. The first-order valence-electron chi connectivity index (χ1n) is 6.07. The smallest absolute Gasteiger partial charge is 0.177 e. The molecule has 2 aromatic rings. The number of aromatic hydroxyl groups is 1. The predicted molar refractivity (Wildman–Crippen MR) is 83.9 cm³/mol. The average Bonchev–Trinajstić information content (AvgIpc) is 2.43. The Morgan fingerprint density at radius 2 is 1.85 bits per heavy atom. The van der Waals surface area contributed by atoms with Gasteiger partial charge in [0.15, 0.2) is 5.11 Å². The van der Waals surface area contributed by atoms with E-state index in [0.29, 0.717) is 16.4 Å². The zero-order valence-corrected chi connectivity index (χ0v) is 12.0. The standard InChI is InChI=1S/C15H15FN2OS/c1-10-3-4-11(9-14(10)16)17-15(20)18(2)12-5-7-13(19)8-6-12/h3-9,19H,1-2H3,(H,17,20). The van der Waals surface area contributed by atoms with Crippen LogP contribution in [-0.4, -0.2) is 17.3 Å². The van der Waals surface area contributed by atoms with Gasteiger partial charge in [0.05, 0.1) is 0 Å². The minimum absolute atomic E-state index is 0.196. The molecule has 104 valence electrons. The number of anilines is 2. The molecule has 20 heavy (non-hydrogen) atoms. The fourth-order valence-corrected chi connectivity index (χ4v) is 1.89. The number of hydrogen-bond acceptors (Lipinski definition) is 2. The lowest BCUT2D eigenvalue weighted by molar-refractivity contribution is 0.475. The molecule has 0 amide bonds. The van der Waals surface area contributed by atoms with Gasteiger partial charge in [0.25, 0.3) is 0 Å². The second kappa shape index (κ2) is 5.88. The van der Waals surface area contributed by atoms with E-state index < -0.39 is 0 Å². The number of aryl methyl sites for hydroxylation is 1. The van der Waals surface area contributed by atoms with Crippen molar-refractivity contribution >= 4 is 28.7 Å². The molecular weight excluding hydrogens is 275 g/mol. The van der Waals surface area contributed by atoms with Gasteiger partial charge in [0.1, 0.15) is 11.6 Å². The summed E-state index contributed by atoms with van der Waals surface area (Å²) >= 11 is 5.28. The van der Waals surface area contributed by atoms with E-state index in [9.17, 15) is 9.50 Å². The van der Waals surface area contributed by atoms with E-state index in [1.54, 1.807) is 55.3 Å². The van der Waals surface area contributed by atoms with Crippen molar-refractivity contribution in [3.63, 3.8) is 0 Å². The first kappa shape index (κ1) is 14.3. The molecule has 0 aliphatic carbocycles. The van der Waals surface area contributed by atoms with E-state index in [4.69, 9.17) is 12.2 Å². The van der Waals surface area contributed by atoms with Crippen LogP contribution in [0.2, 0.25) is 0 Å². The van der Waals surface area contributed by atoms with Crippen molar-refractivity contribution in [3.05, 3.63) is 53.8 Å². The maximum atomic E-state index is 13.5. The summed E-state index contributed by atoms with van der Waals surface area (Å²) in [6.45, 7) is 1.71. The first-order chi connectivity index (χ1) is 9.47. The summed E-state index contributed by atoms with van der Waals surface area (Å²) < 4.78 is 13.5. The molecule has 0 aromatic heterocycles. The van der Waals surface area contributed by atoms with E-state index in [2.05, 4.69) is 5.32 Å². The highest BCUT2D eigenvalue weighted by Gasteiger charge is 2.08. The van der Waals surface area contributed by atoms with Gasteiger partial charge >= 0.3 is 0 Å². The van der Waals surface area contributed by atoms with Gasteiger partial charge in [0.2, 0.25) is 0 Å². The van der Waals surface area contributed by atoms with Crippen LogP contribution in [-0.2, 0) is 0 Å². The Hall–Kier alpha value is -2.14. The molecule has 3 nitrogen and oxygen atoms in total. The highest BCUT2D eigenvalue weighted by molar-refractivity contribution is 7.80. The van der Waals surface area contributed by atoms with Crippen molar-refractivity contribution in [3.8, 4) is 5.75 Å². The van der Waals surface area contributed by atoms with Crippen LogP contribution < -0.4 is 10.2 Å². The molecule has 0 atom stereocenters. The Morgan fingerprint density at radius 1 is 1.20 bits per heavy atom. The molecule has 0 spiro atoms. The SMILES string of the molecule is Cc1ccc(NC(=S)N(C)c2ccc(O)cc2)cc1F. The topological polar surface area (TPSA) is 35.5 Å². The first-order valence-corrected chi connectivity index (χ1v) is 6.48. The van der Waals surface area contributed by atoms with Gasteiger partial charge in [-0.05, 0) is 61.1 Å². The molecule has 0 saturated carbocycles. The largest absolute Gasteiger partial charge is 0.508 e. The number of nitrogens with zero attached hydrogens (tertiary/aromatic N) is 1. The van der Waals surface area contributed by atoms with Crippen LogP contribution in [0.5, 0.6) is 5.75 Å². The lowest BCUT2D eigenvalue weighted by atomic mass is 10.2. The maximum Gasteiger partial charge on any atom is 0.177 e. The van der Waals surface area contributed by atoms with Crippen LogP contribution in [0.3, 0.4) is 0 Å². The Labute approximate surface area is 122 Å². The highest BCUT2D eigenvalue weighted by atomic mass is 32.1. The van der Waals surface area contributed by atoms with Crippen molar-refractivity contribution < 1.29 is 9.50 Å². The van der Waals surface area contributed by atoms with Crippen molar-refractivity contribution in [2.45, 2.75) is 6.92 Å². The number of thiocarbonyl (C=S) groups is 1. The third-order valence-electron chi connectivity index (χ3n) is 2.96. The van der Waals surface area contributed by atoms with Crippen molar-refractivity contribution in [1.82, 2.24) is 0 Å². The van der Waals surface area contributed by atoms with Crippen LogP contribution in [0.1, 0.15) is 5.56 Å². The summed E-state index contributed by atoms with van der Waals surface area (Å²) in [5.74, 6) is -0.0771. The zero-order valence-electron chi connectivity index (χ0n) is 11.2. The Morgan fingerprint density at radius 3 is 2.45 bits per heavy atom. The van der Waals surface area contributed by atoms with E-state index in [1.165, 1.54) is 6.07 Å². The Bertz CT molecular complexity index is 628. The van der Waals surface area contributed by atoms with Crippen molar-refractivity contribution in [1.29, 1.82) is 0 Å². The zero-order chi connectivity index (χ0) is 14.7. The number of phenols is 1. The normalized spacial score (nSPS) is 10.2. The lowest BCUT2D eigenvalue weighted by Gasteiger charge is -2.21. The van der Waals surface area contributed by atoms with Gasteiger partial charge in [-0.1, -0.05) is 6.07 Å². The predicted octanol–water partition coefficient (Wildman–Crippen LogP) is 3.67. The van der Waals surface area contributed by atoms with Gasteiger partial charge in [-0.15, -0.1) is 0 Å². The molecule has 0 saturated heterocycles. The van der Waals surface area contributed by atoms with E-state index in [1.807, 2.05) is 0 Å². The monoisotopic (exact) mass is 290 g/mol. The number of hydrogen-bond donors (Lipinski definition) is 2. The molecule has 2 N–H and O–H groups in total. The molecule has 0 bridgehead atoms. The summed E-state index contributed by atoms with van der Waals surface area (Å²) in [5.41, 5.74) is 2.02. The van der Waals surface area contributed by atoms with Gasteiger partial charge in [-0.25, -0.2) is 4.39 Å². The van der Waals surface area contributed by atoms with Crippen molar-refractivity contribution in [2.75, 3.05) is 17.3 Å². The van der Waals surface area contributed by atoms with E-state index in [-0.39, 0.29) is 11.6 Å². The fraction of sp³-hybridized carbons (Fsp3) is 0.133. The van der Waals surface area contributed by atoms with Gasteiger partial charge < -0.3 is 15.3 Å². The summed E-state index contributed by atoms with van der Waals surface area (Å²) in [6, 6.07) is 11.5. The molecule has 0 aliphatic rings. The number of halogens is 1. The van der Waals surface area contributed by atoms with Crippen LogP contribution in [0.4, 0.5) is 15.8 Å². The highest BCUT2D eigenvalue weighted by Crippen LogP contribution is 2.19. The van der Waals surface area contributed by atoms with Crippen LogP contribution in [0.25, 0.3) is 0 Å². The second-order valence-electron chi connectivity index (χ2n) is 4.47. The van der Waals surface area contributed by atoms with E-state index >= 15 is 0 Å². The van der Waals surface area contributed by atoms with Crippen LogP contribution >= 0.6 is 12.2 Å². The maximum absolute atomic E-state index is 13.5. The van der Waals surface area contributed by atoms with Crippen LogP contribution in [0.15, 0.2) is 42.5 Å². The number of benzene rings is 2. The average molecular weight is 290 g/mol. The summed E-state index contributed by atoms with van der Waals surface area (Å²) in [6.07, 6.45) is 0. The number of nitrogens with one attached hydrogen (secondary N) is 1. The van der Waals surface area contributed by atoms with Crippen LogP contribution in [0, 0.1) is 12.7 Å². The third-order valence-corrected chi connectivity index (χ3v) is 3.34. The third kappa shape index (κ3) is 3.24. The molecule has 0 unspecified atom stereocenters. The van der Waals surface area contributed by atoms with Gasteiger partial charge in [-0.2, -0.15) is 0 Å². The Kier molecular flexibility index (Phi) is 4.20. The van der Waals surface area contributed by atoms with Gasteiger partial charge in [0, 0.05) is 18.4 Å². The summed E-state index contributed by atoms with van der Waals surface area (Å²) in [5, 5.41) is 12.7. The minimum atomic E-state index is -0.273. The second-order valence-corrected chi connectivity index (χ2v) is 4.86. The van der Waals surface area contributed by atoms with Crippen molar-refractivity contribution in [2.24, 2.45) is 0 Å². The molecule has 0 fully saturated rings. The lowest BCUT2D eigenvalue weighted by Crippen LogP contribution is -2.30. The molecule has 0 radical (unpaired) electrons. The quantitative estimate of drug-likeness (QED) is 0.827.